The minimum absolute atomic E-state index is 0.0184. The molecule has 2 N–H and O–H groups in total. The van der Waals surface area contributed by atoms with Crippen LogP contribution in [0.3, 0.4) is 0 Å². The lowest BCUT2D eigenvalue weighted by Crippen LogP contribution is -2.61. The van der Waals surface area contributed by atoms with Crippen molar-refractivity contribution in [3.05, 3.63) is 62.6 Å². The van der Waals surface area contributed by atoms with Gasteiger partial charge in [0.05, 0.1) is 12.6 Å². The topological polar surface area (TPSA) is 101 Å². The predicted molar refractivity (Wildman–Crippen MR) is 110 cm³/mol. The molecule has 3 heterocycles. The number of benzene rings is 1. The second-order valence-electron chi connectivity index (χ2n) is 9.39. The van der Waals surface area contributed by atoms with E-state index in [1.165, 1.54) is 17.7 Å². The molecule has 0 radical (unpaired) electrons. The molecular weight excluding hydrogens is 436 g/mol. The van der Waals surface area contributed by atoms with Crippen molar-refractivity contribution < 1.29 is 28.2 Å². The molecule has 8 nitrogen and oxygen atoms in total. The predicted octanol–water partition coefficient (Wildman–Crippen LogP) is 1.80. The number of aromatic nitrogens is 1. The molecule has 1 unspecified atom stereocenters. The summed E-state index contributed by atoms with van der Waals surface area (Å²) in [6.45, 7) is 1.22. The number of halogens is 2. The molecule has 172 valence electrons. The first kappa shape index (κ1) is 20.3. The van der Waals surface area contributed by atoms with E-state index in [1.54, 1.807) is 4.90 Å². The summed E-state index contributed by atoms with van der Waals surface area (Å²) >= 11 is 0. The molecule has 33 heavy (non-hydrogen) atoms. The Morgan fingerprint density at radius 3 is 2.70 bits per heavy atom. The number of ether oxygens (including phenoxy) is 1. The fourth-order valence-corrected chi connectivity index (χ4v) is 5.62. The Labute approximate surface area is 186 Å². The highest BCUT2D eigenvalue weighted by atomic mass is 19.1. The summed E-state index contributed by atoms with van der Waals surface area (Å²) in [6.07, 6.45) is 3.56. The molecule has 10 heteroatoms. The molecule has 2 aliphatic carbocycles. The van der Waals surface area contributed by atoms with Gasteiger partial charge in [0.1, 0.15) is 17.2 Å². The molecule has 0 bridgehead atoms. The zero-order chi connectivity index (χ0) is 23.2. The quantitative estimate of drug-likeness (QED) is 0.732. The number of pyridine rings is 1. The van der Waals surface area contributed by atoms with Crippen molar-refractivity contribution in [2.45, 2.75) is 57.6 Å². The average molecular weight is 457 g/mol. The molecule has 1 saturated heterocycles. The molecule has 3 fully saturated rings. The van der Waals surface area contributed by atoms with E-state index in [0.29, 0.717) is 5.56 Å². The van der Waals surface area contributed by atoms with Gasteiger partial charge in [-0.2, -0.15) is 0 Å². The lowest BCUT2D eigenvalue weighted by atomic mass is 9.76. The van der Waals surface area contributed by atoms with E-state index < -0.39 is 53.0 Å². The molecule has 2 aliphatic heterocycles. The van der Waals surface area contributed by atoms with E-state index in [9.17, 15) is 28.3 Å². The van der Waals surface area contributed by atoms with E-state index in [1.807, 2.05) is 0 Å². The third kappa shape index (κ3) is 2.73. The highest BCUT2D eigenvalue weighted by molar-refractivity contribution is 5.99. The summed E-state index contributed by atoms with van der Waals surface area (Å²) in [5.41, 5.74) is -1.54. The summed E-state index contributed by atoms with van der Waals surface area (Å²) in [7, 11) is 0. The van der Waals surface area contributed by atoms with Gasteiger partial charge in [-0.05, 0) is 43.9 Å². The average Bonchev–Trinajstić information content (AvgIpc) is 3.50. The van der Waals surface area contributed by atoms with Gasteiger partial charge in [0.2, 0.25) is 5.43 Å². The monoisotopic (exact) mass is 457 g/mol. The zero-order valence-electron chi connectivity index (χ0n) is 17.7. The fourth-order valence-electron chi connectivity index (χ4n) is 5.62. The zero-order valence-corrected chi connectivity index (χ0v) is 17.7. The van der Waals surface area contributed by atoms with E-state index in [4.69, 9.17) is 4.74 Å². The fraction of sp³-hybridized carbons (Fsp3) is 0.435. The van der Waals surface area contributed by atoms with Crippen LogP contribution in [0.1, 0.15) is 51.2 Å². The molecule has 1 spiro atoms. The van der Waals surface area contributed by atoms with E-state index in [0.717, 1.165) is 31.4 Å². The Hall–Kier alpha value is -3.27. The minimum atomic E-state index is -1.01. The second kappa shape index (κ2) is 6.63. The van der Waals surface area contributed by atoms with Gasteiger partial charge in [0.25, 0.3) is 11.8 Å². The number of aryl methyl sites for hydroxylation is 1. The molecule has 1 aromatic heterocycles. The summed E-state index contributed by atoms with van der Waals surface area (Å²) in [6, 6.07) is 2.33. The number of carbonyl (C=O) groups excluding carboxylic acids is 2. The lowest BCUT2D eigenvalue weighted by molar-refractivity contribution is -0.196. The maximum Gasteiger partial charge on any atom is 0.276 e. The highest BCUT2D eigenvalue weighted by Gasteiger charge is 2.72. The van der Waals surface area contributed by atoms with Gasteiger partial charge in [-0.15, -0.1) is 0 Å². The van der Waals surface area contributed by atoms with Crippen LogP contribution in [0.2, 0.25) is 0 Å². The van der Waals surface area contributed by atoms with Crippen LogP contribution < -0.4 is 10.7 Å². The molecular formula is C23H21F2N3O5. The number of nitrogens with zero attached hydrogens (tertiary/aromatic N) is 2. The SMILES string of the molecule is Cc1cc(F)c(CNC(=O)c2cn3c(c(O)c2=O)C(=O)N2[C@@H](C3)O[C@@H]3CCC34C[C@@H]24)c(F)c1. The number of hydrogen-bond acceptors (Lipinski definition) is 5. The first-order valence-electron chi connectivity index (χ1n) is 10.9. The number of rotatable bonds is 3. The van der Waals surface area contributed by atoms with Crippen LogP contribution in [0.25, 0.3) is 0 Å². The normalized spacial score (nSPS) is 28.8. The van der Waals surface area contributed by atoms with E-state index in [2.05, 4.69) is 5.32 Å². The van der Waals surface area contributed by atoms with Gasteiger partial charge in [-0.3, -0.25) is 14.4 Å². The Morgan fingerprint density at radius 1 is 1.30 bits per heavy atom. The van der Waals surface area contributed by atoms with Crippen molar-refractivity contribution in [1.29, 1.82) is 0 Å². The van der Waals surface area contributed by atoms with E-state index >= 15 is 0 Å². The summed E-state index contributed by atoms with van der Waals surface area (Å²) in [5.74, 6) is -3.85. The van der Waals surface area contributed by atoms with Crippen LogP contribution in [0, 0.1) is 24.0 Å². The summed E-state index contributed by atoms with van der Waals surface area (Å²) in [4.78, 5) is 40.2. The molecule has 1 aromatic carbocycles. The molecule has 2 saturated carbocycles. The Kier molecular flexibility index (Phi) is 4.09. The van der Waals surface area contributed by atoms with Gasteiger partial charge >= 0.3 is 0 Å². The van der Waals surface area contributed by atoms with Gasteiger partial charge in [-0.1, -0.05) is 0 Å². The number of aromatic hydroxyl groups is 1. The lowest BCUT2D eigenvalue weighted by Gasteiger charge is -2.50. The third-order valence-corrected chi connectivity index (χ3v) is 7.56. The summed E-state index contributed by atoms with van der Waals surface area (Å²) < 4.78 is 35.6. The van der Waals surface area contributed by atoms with Gasteiger partial charge < -0.3 is 24.6 Å². The molecule has 2 amide bonds. The Bertz CT molecular complexity index is 1280. The van der Waals surface area contributed by atoms with Crippen LogP contribution >= 0.6 is 0 Å². The largest absolute Gasteiger partial charge is 0.503 e. The first-order chi connectivity index (χ1) is 15.7. The number of hydrogen-bond donors (Lipinski definition) is 2. The van der Waals surface area contributed by atoms with Crippen molar-refractivity contribution in [3.63, 3.8) is 0 Å². The van der Waals surface area contributed by atoms with E-state index in [-0.39, 0.29) is 35.4 Å². The van der Waals surface area contributed by atoms with Crippen LogP contribution in [-0.2, 0) is 17.8 Å². The molecule has 2 aromatic rings. The van der Waals surface area contributed by atoms with Gasteiger partial charge in [0.15, 0.2) is 17.7 Å². The second-order valence-corrected chi connectivity index (χ2v) is 9.39. The Balaban J connectivity index is 1.29. The Morgan fingerprint density at radius 2 is 2.03 bits per heavy atom. The first-order valence-corrected chi connectivity index (χ1v) is 10.9. The van der Waals surface area contributed by atoms with Crippen LogP contribution in [0.4, 0.5) is 8.78 Å². The standard InChI is InChI=1S/C23H21F2N3O5/c1-10-4-13(24)11(14(25)5-10)7-26-21(31)12-8-27-9-17-28(22(32)18(27)20(30)19(12)29)15-6-23(15)3-2-16(23)33-17/h4-5,8,15-17,30H,2-3,6-7,9H2,1H3,(H,26,31)/t15-,16-,17-,23?/m1/s1. The maximum atomic E-state index is 14.1. The van der Waals surface area contributed by atoms with Crippen molar-refractivity contribution in [2.24, 2.45) is 5.41 Å². The van der Waals surface area contributed by atoms with Gasteiger partial charge in [0, 0.05) is 29.8 Å². The number of fused-ring (bicyclic) bond motifs is 3. The molecule has 4 atom stereocenters. The van der Waals surface area contributed by atoms with Crippen LogP contribution in [0.5, 0.6) is 5.75 Å². The third-order valence-electron chi connectivity index (χ3n) is 7.56. The summed E-state index contributed by atoms with van der Waals surface area (Å²) in [5, 5.41) is 12.9. The van der Waals surface area contributed by atoms with Crippen molar-refractivity contribution in [2.75, 3.05) is 0 Å². The van der Waals surface area contributed by atoms with Crippen molar-refractivity contribution in [3.8, 4) is 5.75 Å². The molecule has 6 rings (SSSR count). The van der Waals surface area contributed by atoms with Gasteiger partial charge in [-0.25, -0.2) is 8.78 Å². The number of carbonyl (C=O) groups is 2. The number of amides is 2. The van der Waals surface area contributed by atoms with Crippen LogP contribution in [-0.4, -0.2) is 44.8 Å². The van der Waals surface area contributed by atoms with Crippen molar-refractivity contribution >= 4 is 11.8 Å². The van der Waals surface area contributed by atoms with Crippen molar-refractivity contribution in [1.82, 2.24) is 14.8 Å². The van der Waals surface area contributed by atoms with Crippen LogP contribution in [0.15, 0.2) is 23.1 Å². The smallest absolute Gasteiger partial charge is 0.276 e. The minimum Gasteiger partial charge on any atom is -0.503 e. The highest BCUT2D eigenvalue weighted by Crippen LogP contribution is 2.67. The molecule has 4 aliphatic rings. The maximum absolute atomic E-state index is 14.1. The number of nitrogens with one attached hydrogen (secondary N) is 1.